The van der Waals surface area contributed by atoms with Crippen LogP contribution in [0, 0.1) is 0 Å². The highest BCUT2D eigenvalue weighted by Crippen LogP contribution is 2.23. The van der Waals surface area contributed by atoms with Crippen molar-refractivity contribution < 1.29 is 9.53 Å². The Kier molecular flexibility index (Phi) is 5.49. The summed E-state index contributed by atoms with van der Waals surface area (Å²) in [6, 6.07) is 20.9. The maximum absolute atomic E-state index is 12.5. The lowest BCUT2D eigenvalue weighted by Gasteiger charge is -2.19. The molecule has 1 heterocycles. The van der Waals surface area contributed by atoms with E-state index in [1.165, 1.54) is 0 Å². The topological polar surface area (TPSA) is 54.5 Å². The van der Waals surface area contributed by atoms with Crippen LogP contribution in [-0.2, 0) is 0 Å². The standard InChI is InChI=1S/C21H21N3O2/c1-3-26-19-11-9-16(10-12-19)23-21(25)20-15-18(13-14-22-20)24(2)17-7-5-4-6-8-17/h4-15H,3H2,1-2H3,(H,23,25). The van der Waals surface area contributed by atoms with Crippen LogP contribution in [0.1, 0.15) is 17.4 Å². The van der Waals surface area contributed by atoms with Crippen LogP contribution in [0.3, 0.4) is 0 Å². The number of carbonyl (C=O) groups excluding carboxylic acids is 1. The molecule has 0 atom stereocenters. The van der Waals surface area contributed by atoms with E-state index >= 15 is 0 Å². The van der Waals surface area contributed by atoms with Crippen molar-refractivity contribution in [2.45, 2.75) is 6.92 Å². The Hall–Kier alpha value is -3.34. The molecule has 2 aromatic carbocycles. The van der Waals surface area contributed by atoms with Crippen molar-refractivity contribution in [3.8, 4) is 5.75 Å². The largest absolute Gasteiger partial charge is 0.494 e. The SMILES string of the molecule is CCOc1ccc(NC(=O)c2cc(N(C)c3ccccc3)ccn2)cc1. The van der Waals surface area contributed by atoms with Gasteiger partial charge in [0.2, 0.25) is 0 Å². The summed E-state index contributed by atoms with van der Waals surface area (Å²) in [5, 5.41) is 2.86. The maximum atomic E-state index is 12.5. The summed E-state index contributed by atoms with van der Waals surface area (Å²) in [4.78, 5) is 18.7. The molecule has 3 aromatic rings. The summed E-state index contributed by atoms with van der Waals surface area (Å²) in [6.07, 6.45) is 1.64. The van der Waals surface area contributed by atoms with Crippen molar-refractivity contribution >= 4 is 23.0 Å². The van der Waals surface area contributed by atoms with Gasteiger partial charge in [-0.25, -0.2) is 0 Å². The van der Waals surface area contributed by atoms with Gasteiger partial charge < -0.3 is 15.0 Å². The van der Waals surface area contributed by atoms with E-state index in [0.29, 0.717) is 18.0 Å². The summed E-state index contributed by atoms with van der Waals surface area (Å²) in [6.45, 7) is 2.54. The van der Waals surface area contributed by atoms with E-state index in [1.807, 2.05) is 79.5 Å². The first-order chi connectivity index (χ1) is 12.7. The molecule has 3 rings (SSSR count). The number of hydrogen-bond donors (Lipinski definition) is 1. The third-order valence-electron chi connectivity index (χ3n) is 3.93. The third-order valence-corrected chi connectivity index (χ3v) is 3.93. The van der Waals surface area contributed by atoms with Crippen LogP contribution in [0.25, 0.3) is 0 Å². The molecule has 5 nitrogen and oxygen atoms in total. The minimum absolute atomic E-state index is 0.252. The number of anilines is 3. The van der Waals surface area contributed by atoms with Crippen LogP contribution in [0.4, 0.5) is 17.1 Å². The number of ether oxygens (including phenoxy) is 1. The monoisotopic (exact) mass is 347 g/mol. The third kappa shape index (κ3) is 4.19. The zero-order chi connectivity index (χ0) is 18.4. The Bertz CT molecular complexity index is 864. The van der Waals surface area contributed by atoms with E-state index in [4.69, 9.17) is 4.74 Å². The molecule has 0 spiro atoms. The van der Waals surface area contributed by atoms with Crippen LogP contribution in [0.15, 0.2) is 72.9 Å². The first-order valence-corrected chi connectivity index (χ1v) is 8.46. The molecular formula is C21H21N3O2. The molecule has 1 N–H and O–H groups in total. The number of benzene rings is 2. The van der Waals surface area contributed by atoms with Crippen molar-refractivity contribution in [1.82, 2.24) is 4.98 Å². The summed E-state index contributed by atoms with van der Waals surface area (Å²) in [7, 11) is 1.96. The van der Waals surface area contributed by atoms with Gasteiger partial charge in [0.15, 0.2) is 0 Å². The predicted molar refractivity (Wildman–Crippen MR) is 104 cm³/mol. The van der Waals surface area contributed by atoms with Crippen molar-refractivity contribution in [3.63, 3.8) is 0 Å². The first-order valence-electron chi connectivity index (χ1n) is 8.46. The number of nitrogens with zero attached hydrogens (tertiary/aromatic N) is 2. The number of hydrogen-bond acceptors (Lipinski definition) is 4. The molecular weight excluding hydrogens is 326 g/mol. The molecule has 1 aromatic heterocycles. The summed E-state index contributed by atoms with van der Waals surface area (Å²) in [5.41, 5.74) is 2.99. The van der Waals surface area contributed by atoms with Gasteiger partial charge in [0, 0.05) is 30.3 Å². The zero-order valence-electron chi connectivity index (χ0n) is 14.8. The zero-order valence-corrected chi connectivity index (χ0v) is 14.8. The lowest BCUT2D eigenvalue weighted by molar-refractivity contribution is 0.102. The Morgan fingerprint density at radius 1 is 1.04 bits per heavy atom. The van der Waals surface area contributed by atoms with E-state index in [9.17, 15) is 4.79 Å². The number of pyridine rings is 1. The van der Waals surface area contributed by atoms with Crippen LogP contribution in [0.2, 0.25) is 0 Å². The van der Waals surface area contributed by atoms with Gasteiger partial charge in [-0.15, -0.1) is 0 Å². The molecule has 0 aliphatic carbocycles. The van der Waals surface area contributed by atoms with Gasteiger partial charge in [-0.05, 0) is 55.5 Å². The molecule has 26 heavy (non-hydrogen) atoms. The molecule has 0 radical (unpaired) electrons. The van der Waals surface area contributed by atoms with Gasteiger partial charge in [0.05, 0.1) is 6.61 Å². The first kappa shape index (κ1) is 17.5. The Balaban J connectivity index is 1.74. The Morgan fingerprint density at radius 2 is 1.77 bits per heavy atom. The van der Waals surface area contributed by atoms with Crippen molar-refractivity contribution in [1.29, 1.82) is 0 Å². The highest BCUT2D eigenvalue weighted by atomic mass is 16.5. The van der Waals surface area contributed by atoms with Crippen molar-refractivity contribution in [3.05, 3.63) is 78.6 Å². The molecule has 1 amide bonds. The average Bonchev–Trinajstić information content (AvgIpc) is 2.70. The molecule has 0 saturated carbocycles. The lowest BCUT2D eigenvalue weighted by Crippen LogP contribution is -2.15. The molecule has 5 heteroatoms. The van der Waals surface area contributed by atoms with E-state index < -0.39 is 0 Å². The van der Waals surface area contributed by atoms with Gasteiger partial charge in [-0.3, -0.25) is 9.78 Å². The van der Waals surface area contributed by atoms with Crippen molar-refractivity contribution in [2.75, 3.05) is 23.9 Å². The molecule has 132 valence electrons. The normalized spacial score (nSPS) is 10.2. The highest BCUT2D eigenvalue weighted by Gasteiger charge is 2.11. The summed E-state index contributed by atoms with van der Waals surface area (Å²) < 4.78 is 5.40. The number of para-hydroxylation sites is 1. The van der Waals surface area contributed by atoms with E-state index in [1.54, 1.807) is 12.3 Å². The quantitative estimate of drug-likeness (QED) is 0.713. The minimum Gasteiger partial charge on any atom is -0.494 e. The number of aromatic nitrogens is 1. The van der Waals surface area contributed by atoms with Crippen LogP contribution in [0.5, 0.6) is 5.75 Å². The second kappa shape index (κ2) is 8.16. The predicted octanol–water partition coefficient (Wildman–Crippen LogP) is 4.50. The smallest absolute Gasteiger partial charge is 0.274 e. The van der Waals surface area contributed by atoms with E-state index in [0.717, 1.165) is 17.1 Å². The van der Waals surface area contributed by atoms with Crippen LogP contribution in [-0.4, -0.2) is 24.5 Å². The number of rotatable bonds is 6. The summed E-state index contributed by atoms with van der Waals surface area (Å²) in [5.74, 6) is 0.521. The van der Waals surface area contributed by atoms with Gasteiger partial charge >= 0.3 is 0 Å². The lowest BCUT2D eigenvalue weighted by atomic mass is 10.2. The van der Waals surface area contributed by atoms with Gasteiger partial charge in [0.25, 0.3) is 5.91 Å². The highest BCUT2D eigenvalue weighted by molar-refractivity contribution is 6.03. The number of amides is 1. The Morgan fingerprint density at radius 3 is 2.46 bits per heavy atom. The fraction of sp³-hybridized carbons (Fsp3) is 0.143. The Labute approximate surface area is 153 Å². The van der Waals surface area contributed by atoms with Gasteiger partial charge in [0.1, 0.15) is 11.4 Å². The fourth-order valence-corrected chi connectivity index (χ4v) is 2.55. The molecule has 0 unspecified atom stereocenters. The van der Waals surface area contributed by atoms with E-state index in [2.05, 4.69) is 10.3 Å². The second-order valence-corrected chi connectivity index (χ2v) is 5.71. The fourth-order valence-electron chi connectivity index (χ4n) is 2.55. The number of nitrogens with one attached hydrogen (secondary N) is 1. The average molecular weight is 347 g/mol. The maximum Gasteiger partial charge on any atom is 0.274 e. The number of carbonyl (C=O) groups is 1. The minimum atomic E-state index is -0.252. The van der Waals surface area contributed by atoms with Gasteiger partial charge in [-0.1, -0.05) is 18.2 Å². The molecule has 0 aliphatic rings. The van der Waals surface area contributed by atoms with Crippen molar-refractivity contribution in [2.24, 2.45) is 0 Å². The van der Waals surface area contributed by atoms with E-state index in [-0.39, 0.29) is 5.91 Å². The summed E-state index contributed by atoms with van der Waals surface area (Å²) >= 11 is 0. The van der Waals surface area contributed by atoms with Crippen LogP contribution >= 0.6 is 0 Å². The molecule has 0 fully saturated rings. The van der Waals surface area contributed by atoms with Crippen LogP contribution < -0.4 is 15.0 Å². The second-order valence-electron chi connectivity index (χ2n) is 5.71. The molecule has 0 saturated heterocycles. The van der Waals surface area contributed by atoms with Gasteiger partial charge in [-0.2, -0.15) is 0 Å². The molecule has 0 aliphatic heterocycles. The molecule has 0 bridgehead atoms.